The average molecular weight is 361 g/mol. The van der Waals surface area contributed by atoms with Crippen LogP contribution in [0.1, 0.15) is 68.3 Å². The van der Waals surface area contributed by atoms with E-state index in [1.807, 2.05) is 41.5 Å². The lowest BCUT2D eigenvalue weighted by Gasteiger charge is -2.22. The molecule has 1 heterocycles. The highest BCUT2D eigenvalue weighted by Crippen LogP contribution is 2.10. The fraction of sp³-hybridized carbons (Fsp3) is 0.550. The molecule has 26 heavy (non-hydrogen) atoms. The van der Waals surface area contributed by atoms with Crippen LogP contribution in [0.5, 0.6) is 0 Å². The molecule has 0 aliphatic carbocycles. The third kappa shape index (κ3) is 5.58. The fourth-order valence-corrected chi connectivity index (χ4v) is 2.43. The van der Waals surface area contributed by atoms with E-state index in [1.165, 1.54) is 12.4 Å². The van der Waals surface area contributed by atoms with Gasteiger partial charge in [-0.15, -0.1) is 0 Å². The van der Waals surface area contributed by atoms with Crippen LogP contribution in [-0.4, -0.2) is 40.9 Å². The maximum Gasteiger partial charge on any atom is 0.259 e. The van der Waals surface area contributed by atoms with Gasteiger partial charge in [-0.3, -0.25) is 14.4 Å². The van der Waals surface area contributed by atoms with Gasteiger partial charge in [0.1, 0.15) is 11.1 Å². The smallest absolute Gasteiger partial charge is 0.259 e. The highest BCUT2D eigenvalue weighted by atomic mass is 16.2. The third-order valence-electron chi connectivity index (χ3n) is 3.92. The summed E-state index contributed by atoms with van der Waals surface area (Å²) in [5.74, 6) is -0.564. The van der Waals surface area contributed by atoms with E-state index in [1.54, 1.807) is 9.47 Å². The summed E-state index contributed by atoms with van der Waals surface area (Å²) in [4.78, 5) is 39.7. The molecule has 1 rings (SSSR count). The number of carbonyl (C=O) groups excluding carboxylic acids is 2. The van der Waals surface area contributed by atoms with E-state index in [2.05, 4.69) is 11.9 Å². The van der Waals surface area contributed by atoms with Gasteiger partial charge in [-0.25, -0.2) is 0 Å². The fourth-order valence-electron chi connectivity index (χ4n) is 2.43. The number of amides is 2. The molecule has 0 unspecified atom stereocenters. The quantitative estimate of drug-likeness (QED) is 0.724. The lowest BCUT2D eigenvalue weighted by Crippen LogP contribution is -2.39. The summed E-state index contributed by atoms with van der Waals surface area (Å²) in [7, 11) is 0. The highest BCUT2D eigenvalue weighted by Gasteiger charge is 2.23. The van der Waals surface area contributed by atoms with E-state index in [0.29, 0.717) is 19.6 Å². The second kappa shape index (κ2) is 9.36. The molecular weight excluding hydrogens is 330 g/mol. The van der Waals surface area contributed by atoms with Crippen LogP contribution in [0, 0.1) is 5.92 Å². The Morgan fingerprint density at radius 2 is 1.77 bits per heavy atom. The number of hydrogen-bond donors (Lipinski definition) is 1. The van der Waals surface area contributed by atoms with Crippen LogP contribution in [0.3, 0.4) is 0 Å². The first-order chi connectivity index (χ1) is 12.1. The molecule has 0 radical (unpaired) electrons. The summed E-state index contributed by atoms with van der Waals surface area (Å²) in [5, 5.41) is 2.76. The number of nitrogens with one attached hydrogen (secondary N) is 1. The van der Waals surface area contributed by atoms with Crippen molar-refractivity contribution in [2.75, 3.05) is 19.6 Å². The van der Waals surface area contributed by atoms with E-state index < -0.39 is 11.3 Å². The number of nitrogens with zero attached hydrogens (tertiary/aromatic N) is 2. The summed E-state index contributed by atoms with van der Waals surface area (Å²) in [6, 6.07) is 0.00927. The van der Waals surface area contributed by atoms with Crippen LogP contribution in [0.2, 0.25) is 0 Å². The zero-order valence-electron chi connectivity index (χ0n) is 16.8. The van der Waals surface area contributed by atoms with Gasteiger partial charge in [-0.2, -0.15) is 0 Å². The Bertz CT molecular complexity index is 732. The molecule has 0 aliphatic heterocycles. The number of pyridine rings is 1. The Morgan fingerprint density at radius 3 is 2.23 bits per heavy atom. The molecular formula is C20H31N3O3. The molecule has 144 valence electrons. The van der Waals surface area contributed by atoms with Gasteiger partial charge >= 0.3 is 0 Å². The van der Waals surface area contributed by atoms with Crippen LogP contribution in [0.25, 0.3) is 0 Å². The topological polar surface area (TPSA) is 71.4 Å². The molecule has 1 aromatic heterocycles. The largest absolute Gasteiger partial charge is 0.352 e. The van der Waals surface area contributed by atoms with Crippen molar-refractivity contribution in [1.29, 1.82) is 0 Å². The molecule has 0 fully saturated rings. The van der Waals surface area contributed by atoms with Crippen molar-refractivity contribution in [1.82, 2.24) is 14.8 Å². The molecule has 1 aromatic rings. The summed E-state index contributed by atoms with van der Waals surface area (Å²) in [6.45, 7) is 16.6. The van der Waals surface area contributed by atoms with E-state index in [-0.39, 0.29) is 29.0 Å². The summed E-state index contributed by atoms with van der Waals surface area (Å²) in [6.07, 6.45) is 3.06. The molecule has 0 bridgehead atoms. The molecule has 6 heteroatoms. The van der Waals surface area contributed by atoms with E-state index in [4.69, 9.17) is 0 Å². The van der Waals surface area contributed by atoms with E-state index in [0.717, 1.165) is 5.57 Å². The Morgan fingerprint density at radius 1 is 1.19 bits per heavy atom. The Kier molecular flexibility index (Phi) is 7.80. The van der Waals surface area contributed by atoms with Crippen molar-refractivity contribution in [2.24, 2.45) is 5.92 Å². The van der Waals surface area contributed by atoms with Gasteiger partial charge in [-0.05, 0) is 33.6 Å². The predicted molar refractivity (Wildman–Crippen MR) is 105 cm³/mol. The molecule has 0 aromatic carbocycles. The van der Waals surface area contributed by atoms with Crippen molar-refractivity contribution >= 4 is 11.8 Å². The van der Waals surface area contributed by atoms with Crippen molar-refractivity contribution in [3.8, 4) is 0 Å². The summed E-state index contributed by atoms with van der Waals surface area (Å²) in [5.41, 5.74) is 0.305. The predicted octanol–water partition coefficient (Wildman–Crippen LogP) is 2.85. The SMILES string of the molecule is C=C(C)CN(CC)C(=O)c1cn(C(C)C)cc(C(=O)NCC(C)C)c1=O. The van der Waals surface area contributed by atoms with Crippen molar-refractivity contribution in [3.63, 3.8) is 0 Å². The maximum absolute atomic E-state index is 12.9. The molecule has 1 N–H and O–H groups in total. The zero-order chi connectivity index (χ0) is 20.0. The minimum Gasteiger partial charge on any atom is -0.352 e. The Hall–Kier alpha value is -2.37. The number of carbonyl (C=O) groups is 2. The van der Waals surface area contributed by atoms with Crippen LogP contribution in [-0.2, 0) is 0 Å². The minimum absolute atomic E-state index is 0.00317. The number of rotatable bonds is 8. The normalized spacial score (nSPS) is 10.9. The van der Waals surface area contributed by atoms with E-state index >= 15 is 0 Å². The lowest BCUT2D eigenvalue weighted by molar-refractivity contribution is 0.0776. The highest BCUT2D eigenvalue weighted by molar-refractivity contribution is 5.99. The number of hydrogen-bond acceptors (Lipinski definition) is 3. The second-order valence-electron chi connectivity index (χ2n) is 7.34. The van der Waals surface area contributed by atoms with Gasteiger partial charge in [0, 0.05) is 38.1 Å². The zero-order valence-corrected chi connectivity index (χ0v) is 16.8. The first-order valence-electron chi connectivity index (χ1n) is 9.06. The Labute approximate surface area is 155 Å². The van der Waals surface area contributed by atoms with Gasteiger partial charge in [0.15, 0.2) is 0 Å². The van der Waals surface area contributed by atoms with Crippen molar-refractivity contribution < 1.29 is 9.59 Å². The third-order valence-corrected chi connectivity index (χ3v) is 3.92. The molecule has 0 aliphatic rings. The summed E-state index contributed by atoms with van der Waals surface area (Å²) >= 11 is 0. The molecule has 2 amide bonds. The average Bonchev–Trinajstić information content (AvgIpc) is 2.56. The second-order valence-corrected chi connectivity index (χ2v) is 7.34. The molecule has 0 spiro atoms. The van der Waals surface area contributed by atoms with Gasteiger partial charge in [0.2, 0.25) is 5.43 Å². The first kappa shape index (κ1) is 21.7. The first-order valence-corrected chi connectivity index (χ1v) is 9.06. The lowest BCUT2D eigenvalue weighted by atomic mass is 10.1. The Balaban J connectivity index is 3.39. The van der Waals surface area contributed by atoms with E-state index in [9.17, 15) is 14.4 Å². The van der Waals surface area contributed by atoms with Crippen LogP contribution in [0.4, 0.5) is 0 Å². The summed E-state index contributed by atoms with van der Waals surface area (Å²) < 4.78 is 1.73. The molecule has 6 nitrogen and oxygen atoms in total. The van der Waals surface area contributed by atoms with Crippen LogP contribution >= 0.6 is 0 Å². The monoisotopic (exact) mass is 361 g/mol. The number of aromatic nitrogens is 1. The maximum atomic E-state index is 12.9. The molecule has 0 saturated carbocycles. The molecule has 0 atom stereocenters. The van der Waals surface area contributed by atoms with Gasteiger partial charge in [0.25, 0.3) is 11.8 Å². The van der Waals surface area contributed by atoms with Crippen LogP contribution < -0.4 is 10.7 Å². The van der Waals surface area contributed by atoms with Gasteiger partial charge in [-0.1, -0.05) is 26.0 Å². The van der Waals surface area contributed by atoms with Crippen molar-refractivity contribution in [2.45, 2.75) is 47.6 Å². The standard InChI is InChI=1S/C20H31N3O3/c1-8-22(10-14(4)5)20(26)17-12-23(15(6)7)11-16(18(17)24)19(25)21-9-13(2)3/h11-13,15H,4,8-10H2,1-3,5-7H3,(H,21,25). The van der Waals surface area contributed by atoms with Crippen LogP contribution in [0.15, 0.2) is 29.3 Å². The minimum atomic E-state index is -0.534. The molecule has 0 saturated heterocycles. The van der Waals surface area contributed by atoms with Gasteiger partial charge in [0.05, 0.1) is 0 Å². The van der Waals surface area contributed by atoms with Gasteiger partial charge < -0.3 is 14.8 Å². The number of likely N-dealkylation sites (N-methyl/N-ethyl adjacent to an activating group) is 1. The van der Waals surface area contributed by atoms with Crippen molar-refractivity contribution in [3.05, 3.63) is 45.9 Å².